The SMILES string of the molecule is CCOC(C)C(Cc1c(F)cccc1Cl)NN. The Balaban J connectivity index is 2.80. The topological polar surface area (TPSA) is 47.3 Å². The summed E-state index contributed by atoms with van der Waals surface area (Å²) >= 11 is 5.96. The van der Waals surface area contributed by atoms with Crippen LogP contribution in [0.1, 0.15) is 19.4 Å². The summed E-state index contributed by atoms with van der Waals surface area (Å²) in [5, 5.41) is 0.411. The van der Waals surface area contributed by atoms with Crippen LogP contribution in [0.3, 0.4) is 0 Å². The minimum Gasteiger partial charge on any atom is -0.377 e. The van der Waals surface area contributed by atoms with Gasteiger partial charge in [-0.05, 0) is 32.4 Å². The predicted molar refractivity (Wildman–Crippen MR) is 67.3 cm³/mol. The molecule has 0 spiro atoms. The lowest BCUT2D eigenvalue weighted by Crippen LogP contribution is -2.45. The molecule has 0 saturated carbocycles. The molecule has 96 valence electrons. The normalized spacial score (nSPS) is 14.6. The average Bonchev–Trinajstić information content (AvgIpc) is 2.29. The van der Waals surface area contributed by atoms with Crippen molar-refractivity contribution < 1.29 is 9.13 Å². The monoisotopic (exact) mass is 260 g/mol. The minimum absolute atomic E-state index is 0.110. The highest BCUT2D eigenvalue weighted by atomic mass is 35.5. The molecule has 0 bridgehead atoms. The highest BCUT2D eigenvalue weighted by Crippen LogP contribution is 2.21. The highest BCUT2D eigenvalue weighted by molar-refractivity contribution is 6.31. The van der Waals surface area contributed by atoms with Gasteiger partial charge in [0.05, 0.1) is 12.1 Å². The minimum atomic E-state index is -0.318. The maximum atomic E-state index is 13.6. The molecular weight excluding hydrogens is 243 g/mol. The van der Waals surface area contributed by atoms with Gasteiger partial charge in [0.25, 0.3) is 0 Å². The standard InChI is InChI=1S/C12H18ClFN2O/c1-3-17-8(2)12(16-15)7-9-10(13)5-4-6-11(9)14/h4-6,8,12,16H,3,7,15H2,1-2H3. The Bertz CT molecular complexity index is 342. The number of hydrazine groups is 1. The first-order chi connectivity index (χ1) is 8.10. The third-order valence-corrected chi connectivity index (χ3v) is 3.05. The fourth-order valence-corrected chi connectivity index (χ4v) is 1.93. The summed E-state index contributed by atoms with van der Waals surface area (Å²) in [5.74, 6) is 5.14. The molecule has 0 amide bonds. The van der Waals surface area contributed by atoms with E-state index in [1.807, 2.05) is 13.8 Å². The number of halogens is 2. The van der Waals surface area contributed by atoms with Crippen molar-refractivity contribution in [1.29, 1.82) is 0 Å². The Morgan fingerprint density at radius 3 is 2.76 bits per heavy atom. The third kappa shape index (κ3) is 3.92. The molecule has 1 rings (SSSR count). The first-order valence-corrected chi connectivity index (χ1v) is 5.98. The predicted octanol–water partition coefficient (Wildman–Crippen LogP) is 2.28. The Kier molecular flexibility index (Phi) is 5.85. The molecule has 0 aliphatic rings. The smallest absolute Gasteiger partial charge is 0.127 e. The van der Waals surface area contributed by atoms with E-state index in [4.69, 9.17) is 22.2 Å². The average molecular weight is 261 g/mol. The second kappa shape index (κ2) is 6.91. The second-order valence-electron chi connectivity index (χ2n) is 3.84. The molecule has 0 fully saturated rings. The maximum absolute atomic E-state index is 13.6. The van der Waals surface area contributed by atoms with Gasteiger partial charge in [0, 0.05) is 17.2 Å². The quantitative estimate of drug-likeness (QED) is 0.609. The molecule has 1 aromatic rings. The molecular formula is C12H18ClFN2O. The van der Waals surface area contributed by atoms with Crippen LogP contribution in [-0.4, -0.2) is 18.8 Å². The molecule has 2 atom stereocenters. The molecule has 0 aliphatic carbocycles. The molecule has 3 nitrogen and oxygen atoms in total. The van der Waals surface area contributed by atoms with E-state index < -0.39 is 0 Å². The van der Waals surface area contributed by atoms with Crippen molar-refractivity contribution >= 4 is 11.6 Å². The molecule has 17 heavy (non-hydrogen) atoms. The molecule has 0 aliphatic heterocycles. The van der Waals surface area contributed by atoms with Crippen molar-refractivity contribution in [2.75, 3.05) is 6.61 Å². The van der Waals surface area contributed by atoms with Crippen LogP contribution in [0.15, 0.2) is 18.2 Å². The van der Waals surface area contributed by atoms with Crippen molar-refractivity contribution in [3.63, 3.8) is 0 Å². The number of hydrogen-bond acceptors (Lipinski definition) is 3. The van der Waals surface area contributed by atoms with E-state index in [9.17, 15) is 4.39 Å². The van der Waals surface area contributed by atoms with E-state index in [0.29, 0.717) is 23.6 Å². The first-order valence-electron chi connectivity index (χ1n) is 5.60. The van der Waals surface area contributed by atoms with Gasteiger partial charge in [-0.1, -0.05) is 17.7 Å². The van der Waals surface area contributed by atoms with E-state index in [2.05, 4.69) is 5.43 Å². The molecule has 3 N–H and O–H groups in total. The van der Waals surface area contributed by atoms with Crippen LogP contribution < -0.4 is 11.3 Å². The number of ether oxygens (including phenoxy) is 1. The van der Waals surface area contributed by atoms with Gasteiger partial charge in [0.2, 0.25) is 0 Å². The van der Waals surface area contributed by atoms with Gasteiger partial charge in [-0.25, -0.2) is 4.39 Å². The lowest BCUT2D eigenvalue weighted by Gasteiger charge is -2.23. The maximum Gasteiger partial charge on any atom is 0.127 e. The largest absolute Gasteiger partial charge is 0.377 e. The van der Waals surface area contributed by atoms with Gasteiger partial charge in [0.1, 0.15) is 5.82 Å². The van der Waals surface area contributed by atoms with Gasteiger partial charge < -0.3 is 4.74 Å². The molecule has 2 unspecified atom stereocenters. The number of hydrogen-bond donors (Lipinski definition) is 2. The zero-order valence-corrected chi connectivity index (χ0v) is 10.8. The molecule has 0 aromatic heterocycles. The lowest BCUT2D eigenvalue weighted by molar-refractivity contribution is 0.0474. The van der Waals surface area contributed by atoms with E-state index >= 15 is 0 Å². The Labute approximate surface area is 106 Å². The Morgan fingerprint density at radius 1 is 1.53 bits per heavy atom. The first kappa shape index (κ1) is 14.4. The summed E-state index contributed by atoms with van der Waals surface area (Å²) in [7, 11) is 0. The number of nitrogens with one attached hydrogen (secondary N) is 1. The fraction of sp³-hybridized carbons (Fsp3) is 0.500. The molecule has 0 heterocycles. The zero-order valence-electron chi connectivity index (χ0n) is 10.0. The van der Waals surface area contributed by atoms with Crippen LogP contribution in [0.4, 0.5) is 4.39 Å². The van der Waals surface area contributed by atoms with Gasteiger partial charge in [-0.15, -0.1) is 0 Å². The summed E-state index contributed by atoms with van der Waals surface area (Å²) in [5.41, 5.74) is 3.10. The van der Waals surface area contributed by atoms with Crippen LogP contribution in [0, 0.1) is 5.82 Å². The summed E-state index contributed by atoms with van der Waals surface area (Å²) in [6.45, 7) is 4.38. The number of rotatable bonds is 6. The van der Waals surface area contributed by atoms with Gasteiger partial charge in [0.15, 0.2) is 0 Å². The third-order valence-electron chi connectivity index (χ3n) is 2.70. The summed E-state index contributed by atoms with van der Waals surface area (Å²) in [6.07, 6.45) is 0.282. The van der Waals surface area contributed by atoms with E-state index in [1.165, 1.54) is 6.07 Å². The van der Waals surface area contributed by atoms with Crippen molar-refractivity contribution in [3.05, 3.63) is 34.6 Å². The van der Waals surface area contributed by atoms with Gasteiger partial charge >= 0.3 is 0 Å². The summed E-state index contributed by atoms with van der Waals surface area (Å²) in [4.78, 5) is 0. The van der Waals surface area contributed by atoms with Crippen LogP contribution >= 0.6 is 11.6 Å². The second-order valence-corrected chi connectivity index (χ2v) is 4.25. The van der Waals surface area contributed by atoms with Crippen molar-refractivity contribution in [1.82, 2.24) is 5.43 Å². The Morgan fingerprint density at radius 2 is 2.24 bits per heavy atom. The Hall–Kier alpha value is -0.680. The van der Waals surface area contributed by atoms with Crippen molar-refractivity contribution in [2.24, 2.45) is 5.84 Å². The van der Waals surface area contributed by atoms with Crippen LogP contribution in [0.2, 0.25) is 5.02 Å². The van der Waals surface area contributed by atoms with Crippen molar-refractivity contribution in [3.8, 4) is 0 Å². The fourth-order valence-electron chi connectivity index (χ4n) is 1.69. The van der Waals surface area contributed by atoms with Gasteiger partial charge in [-0.3, -0.25) is 11.3 Å². The number of benzene rings is 1. The van der Waals surface area contributed by atoms with Crippen LogP contribution in [0.5, 0.6) is 0 Å². The summed E-state index contributed by atoms with van der Waals surface area (Å²) in [6, 6.07) is 4.46. The molecule has 5 heteroatoms. The summed E-state index contributed by atoms with van der Waals surface area (Å²) < 4.78 is 19.0. The van der Waals surface area contributed by atoms with Crippen LogP contribution in [0.25, 0.3) is 0 Å². The number of nitrogens with two attached hydrogens (primary N) is 1. The van der Waals surface area contributed by atoms with E-state index in [1.54, 1.807) is 12.1 Å². The van der Waals surface area contributed by atoms with E-state index in [0.717, 1.165) is 0 Å². The highest BCUT2D eigenvalue weighted by Gasteiger charge is 2.19. The molecule has 0 saturated heterocycles. The van der Waals surface area contributed by atoms with E-state index in [-0.39, 0.29) is 18.0 Å². The molecule has 1 aromatic carbocycles. The lowest BCUT2D eigenvalue weighted by atomic mass is 10.0. The van der Waals surface area contributed by atoms with Gasteiger partial charge in [-0.2, -0.15) is 0 Å². The zero-order chi connectivity index (χ0) is 12.8. The van der Waals surface area contributed by atoms with Crippen LogP contribution in [-0.2, 0) is 11.2 Å². The van der Waals surface area contributed by atoms with Crippen molar-refractivity contribution in [2.45, 2.75) is 32.4 Å². The molecule has 0 radical (unpaired) electrons.